The summed E-state index contributed by atoms with van der Waals surface area (Å²) in [6, 6.07) is 10.1. The van der Waals surface area contributed by atoms with Gasteiger partial charge in [0.05, 0.1) is 10.9 Å². The van der Waals surface area contributed by atoms with Crippen LogP contribution in [0.25, 0.3) is 10.9 Å². The first-order chi connectivity index (χ1) is 14.9. The SMILES string of the molecule is c1ccc(Nc2ncc3c(OC4CCNCC4)ncc(C4CCCCC4)c3n2)cc1. The average Bonchev–Trinajstić information content (AvgIpc) is 2.81. The van der Waals surface area contributed by atoms with Gasteiger partial charge in [-0.05, 0) is 56.8 Å². The molecule has 2 aromatic heterocycles. The molecule has 3 heterocycles. The molecule has 2 aliphatic rings. The predicted molar refractivity (Wildman–Crippen MR) is 119 cm³/mol. The van der Waals surface area contributed by atoms with Crippen LogP contribution in [-0.4, -0.2) is 34.1 Å². The lowest BCUT2D eigenvalue weighted by atomic mass is 9.84. The number of piperidine rings is 1. The molecule has 30 heavy (non-hydrogen) atoms. The number of para-hydroxylation sites is 1. The highest BCUT2D eigenvalue weighted by Crippen LogP contribution is 2.38. The van der Waals surface area contributed by atoms with E-state index in [1.54, 1.807) is 0 Å². The molecule has 3 aromatic rings. The number of nitrogens with zero attached hydrogens (tertiary/aromatic N) is 3. The van der Waals surface area contributed by atoms with Gasteiger partial charge in [-0.2, -0.15) is 0 Å². The molecule has 0 amide bonds. The third kappa shape index (κ3) is 4.24. The molecule has 1 saturated carbocycles. The summed E-state index contributed by atoms with van der Waals surface area (Å²) in [6.07, 6.45) is 12.4. The minimum Gasteiger partial charge on any atom is -0.474 e. The van der Waals surface area contributed by atoms with Crippen LogP contribution in [0.1, 0.15) is 56.4 Å². The van der Waals surface area contributed by atoms with Crippen molar-refractivity contribution in [1.29, 1.82) is 0 Å². The van der Waals surface area contributed by atoms with E-state index in [0.29, 0.717) is 17.7 Å². The summed E-state index contributed by atoms with van der Waals surface area (Å²) in [5.41, 5.74) is 3.20. The Balaban J connectivity index is 1.52. The van der Waals surface area contributed by atoms with Crippen molar-refractivity contribution in [2.24, 2.45) is 0 Å². The number of pyridine rings is 1. The molecule has 5 rings (SSSR count). The van der Waals surface area contributed by atoms with Crippen molar-refractivity contribution < 1.29 is 4.74 Å². The summed E-state index contributed by atoms with van der Waals surface area (Å²) in [4.78, 5) is 14.3. The maximum Gasteiger partial charge on any atom is 0.227 e. The van der Waals surface area contributed by atoms with Crippen LogP contribution in [0.4, 0.5) is 11.6 Å². The highest BCUT2D eigenvalue weighted by Gasteiger charge is 2.23. The van der Waals surface area contributed by atoms with Crippen LogP contribution in [0.3, 0.4) is 0 Å². The second-order valence-electron chi connectivity index (χ2n) is 8.37. The zero-order chi connectivity index (χ0) is 20.2. The molecule has 1 saturated heterocycles. The summed E-state index contributed by atoms with van der Waals surface area (Å²) in [7, 11) is 0. The summed E-state index contributed by atoms with van der Waals surface area (Å²) in [6.45, 7) is 1.98. The quantitative estimate of drug-likeness (QED) is 0.628. The lowest BCUT2D eigenvalue weighted by Gasteiger charge is -2.25. The van der Waals surface area contributed by atoms with Crippen LogP contribution in [-0.2, 0) is 0 Å². The minimum atomic E-state index is 0.199. The maximum absolute atomic E-state index is 6.32. The van der Waals surface area contributed by atoms with Crippen molar-refractivity contribution in [3.8, 4) is 5.88 Å². The lowest BCUT2D eigenvalue weighted by Crippen LogP contribution is -2.34. The van der Waals surface area contributed by atoms with Crippen molar-refractivity contribution in [1.82, 2.24) is 20.3 Å². The zero-order valence-electron chi connectivity index (χ0n) is 17.3. The summed E-state index contributed by atoms with van der Waals surface area (Å²) in [5, 5.41) is 7.65. The van der Waals surface area contributed by atoms with E-state index in [2.05, 4.69) is 15.6 Å². The van der Waals surface area contributed by atoms with Gasteiger partial charge < -0.3 is 15.4 Å². The second-order valence-corrected chi connectivity index (χ2v) is 8.37. The van der Waals surface area contributed by atoms with Gasteiger partial charge in [-0.3, -0.25) is 0 Å². The normalized spacial score (nSPS) is 18.4. The number of hydrogen-bond donors (Lipinski definition) is 2. The zero-order valence-corrected chi connectivity index (χ0v) is 17.3. The number of benzene rings is 1. The first-order valence-electron chi connectivity index (χ1n) is 11.2. The second kappa shape index (κ2) is 8.96. The van der Waals surface area contributed by atoms with Crippen LogP contribution in [0, 0.1) is 0 Å². The van der Waals surface area contributed by atoms with Gasteiger partial charge >= 0.3 is 0 Å². The smallest absolute Gasteiger partial charge is 0.227 e. The minimum absolute atomic E-state index is 0.199. The molecule has 1 aliphatic carbocycles. The number of hydrogen-bond acceptors (Lipinski definition) is 6. The van der Waals surface area contributed by atoms with Gasteiger partial charge in [-0.15, -0.1) is 0 Å². The Morgan fingerprint density at radius 1 is 0.900 bits per heavy atom. The topological polar surface area (TPSA) is 72.0 Å². The molecule has 156 valence electrons. The monoisotopic (exact) mass is 403 g/mol. The van der Waals surface area contributed by atoms with Crippen molar-refractivity contribution in [2.75, 3.05) is 18.4 Å². The fourth-order valence-corrected chi connectivity index (χ4v) is 4.61. The first kappa shape index (κ1) is 19.2. The summed E-state index contributed by atoms with van der Waals surface area (Å²) < 4.78 is 6.32. The average molecular weight is 404 g/mol. The molecule has 0 bridgehead atoms. The largest absolute Gasteiger partial charge is 0.474 e. The van der Waals surface area contributed by atoms with E-state index in [-0.39, 0.29) is 6.10 Å². The van der Waals surface area contributed by atoms with E-state index in [0.717, 1.165) is 42.5 Å². The summed E-state index contributed by atoms with van der Waals surface area (Å²) >= 11 is 0. The van der Waals surface area contributed by atoms with Crippen LogP contribution in [0.15, 0.2) is 42.7 Å². The van der Waals surface area contributed by atoms with E-state index < -0.39 is 0 Å². The van der Waals surface area contributed by atoms with Crippen LogP contribution in [0.5, 0.6) is 5.88 Å². The number of rotatable bonds is 5. The van der Waals surface area contributed by atoms with E-state index in [1.807, 2.05) is 42.7 Å². The van der Waals surface area contributed by atoms with E-state index in [1.165, 1.54) is 37.7 Å². The fourth-order valence-electron chi connectivity index (χ4n) is 4.61. The molecule has 0 atom stereocenters. The Morgan fingerprint density at radius 2 is 1.70 bits per heavy atom. The standard InChI is InChI=1S/C24H29N5O/c1-3-7-17(8-4-1)20-15-26-23(30-19-11-13-25-14-12-19)21-16-27-24(29-22(20)21)28-18-9-5-2-6-10-18/h2,5-6,9-10,15-17,19,25H,1,3-4,7-8,11-14H2,(H,27,28,29). The van der Waals surface area contributed by atoms with Crippen molar-refractivity contribution in [3.63, 3.8) is 0 Å². The van der Waals surface area contributed by atoms with Gasteiger partial charge in [-0.1, -0.05) is 37.5 Å². The van der Waals surface area contributed by atoms with Gasteiger partial charge in [0.1, 0.15) is 6.10 Å². The van der Waals surface area contributed by atoms with Gasteiger partial charge in [-0.25, -0.2) is 15.0 Å². The molecule has 2 N–H and O–H groups in total. The third-order valence-electron chi connectivity index (χ3n) is 6.25. The Bertz CT molecular complexity index is 982. The molecule has 1 aliphatic heterocycles. The Morgan fingerprint density at radius 3 is 2.50 bits per heavy atom. The predicted octanol–water partition coefficient (Wildman–Crippen LogP) is 4.95. The molecule has 6 heteroatoms. The third-order valence-corrected chi connectivity index (χ3v) is 6.25. The van der Waals surface area contributed by atoms with Gasteiger partial charge in [0, 0.05) is 23.6 Å². The van der Waals surface area contributed by atoms with Crippen molar-refractivity contribution in [2.45, 2.75) is 57.0 Å². The molecular weight excluding hydrogens is 374 g/mol. The Labute approximate surface area is 177 Å². The highest BCUT2D eigenvalue weighted by atomic mass is 16.5. The van der Waals surface area contributed by atoms with Crippen molar-refractivity contribution >= 4 is 22.5 Å². The van der Waals surface area contributed by atoms with Crippen molar-refractivity contribution in [3.05, 3.63) is 48.3 Å². The van der Waals surface area contributed by atoms with Gasteiger partial charge in [0.2, 0.25) is 11.8 Å². The molecule has 1 aromatic carbocycles. The van der Waals surface area contributed by atoms with Crippen LogP contribution >= 0.6 is 0 Å². The molecule has 2 fully saturated rings. The number of fused-ring (bicyclic) bond motifs is 1. The number of nitrogens with one attached hydrogen (secondary N) is 2. The van der Waals surface area contributed by atoms with Crippen LogP contribution < -0.4 is 15.4 Å². The maximum atomic E-state index is 6.32. The molecule has 0 unspecified atom stereocenters. The van der Waals surface area contributed by atoms with E-state index >= 15 is 0 Å². The number of aromatic nitrogens is 3. The van der Waals surface area contributed by atoms with Crippen LogP contribution in [0.2, 0.25) is 0 Å². The molecular formula is C24H29N5O. The molecule has 6 nitrogen and oxygen atoms in total. The van der Waals surface area contributed by atoms with Gasteiger partial charge in [0.15, 0.2) is 0 Å². The first-order valence-corrected chi connectivity index (χ1v) is 11.2. The summed E-state index contributed by atoms with van der Waals surface area (Å²) in [5.74, 6) is 1.80. The number of anilines is 2. The molecule has 0 spiro atoms. The number of ether oxygens (including phenoxy) is 1. The van der Waals surface area contributed by atoms with Gasteiger partial charge in [0.25, 0.3) is 0 Å². The highest BCUT2D eigenvalue weighted by molar-refractivity contribution is 5.87. The Kier molecular flexibility index (Phi) is 5.75. The Hall–Kier alpha value is -2.73. The lowest BCUT2D eigenvalue weighted by molar-refractivity contribution is 0.158. The molecule has 0 radical (unpaired) electrons. The van der Waals surface area contributed by atoms with E-state index in [4.69, 9.17) is 14.7 Å². The fraction of sp³-hybridized carbons (Fsp3) is 0.458. The van der Waals surface area contributed by atoms with E-state index in [9.17, 15) is 0 Å².